The quantitative estimate of drug-likeness (QED) is 0.0303. The van der Waals surface area contributed by atoms with Crippen LogP contribution in [-0.4, -0.2) is 35.8 Å². The Labute approximate surface area is 855 Å². The molecule has 136 heavy (non-hydrogen) atoms. The molecule has 21 heteroatoms. The van der Waals surface area contributed by atoms with Gasteiger partial charge in [-0.3, -0.25) is 28.8 Å². The van der Waals surface area contributed by atoms with Gasteiger partial charge >= 0.3 is 0 Å². The minimum Gasteiger partial charge on any atom is -0.489 e. The fraction of sp³-hybridized carbons (Fsp3) is 0.322. The van der Waals surface area contributed by atoms with Gasteiger partial charge in [0.05, 0.1) is 6.61 Å². The van der Waals surface area contributed by atoms with Gasteiger partial charge in [0.15, 0.2) is 30.7 Å². The number of thioether (sulfide) groups is 6. The maximum Gasteiger partial charge on any atom is 0.193 e. The minimum absolute atomic E-state index is 0.0692. The number of benzene rings is 12. The molecule has 13 rings (SSSR count). The first-order chi connectivity index (χ1) is 65.2. The summed E-state index contributed by atoms with van der Waals surface area (Å²) in [7, 11) is 0. The lowest BCUT2D eigenvalue weighted by atomic mass is 10.0. The normalized spacial score (nSPS) is 11.1. The number of halogens is 2. The van der Waals surface area contributed by atoms with Crippen molar-refractivity contribution in [3.63, 3.8) is 0 Å². The third kappa shape index (κ3) is 36.2. The summed E-state index contributed by atoms with van der Waals surface area (Å²) in [5, 5.41) is 10.6. The fourth-order valence-corrected chi connectivity index (χ4v) is 20.7. The number of carbonyl (C=O) groups is 6. The van der Waals surface area contributed by atoms with Gasteiger partial charge in [0.1, 0.15) is 74.1 Å². The summed E-state index contributed by atoms with van der Waals surface area (Å²) in [6.45, 7) is 42.9. The Morgan fingerprint density at radius 1 is 0.294 bits per heavy atom. The Kier molecular flexibility index (Phi) is 47.7. The summed E-state index contributed by atoms with van der Waals surface area (Å²) in [5.74, 6) is 5.94. The van der Waals surface area contributed by atoms with E-state index in [2.05, 4.69) is 200 Å². The average Bonchev–Trinajstić information content (AvgIpc) is 1.65. The zero-order chi connectivity index (χ0) is 99.1. The molecule has 12 aromatic rings. The van der Waals surface area contributed by atoms with E-state index in [0.717, 1.165) is 151 Å². The molecule has 13 nitrogen and oxygen atoms in total. The molecule has 718 valence electrons. The van der Waals surface area contributed by atoms with Gasteiger partial charge in [-0.1, -0.05) is 302 Å². The maximum atomic E-state index is 11.9. The third-order valence-corrected chi connectivity index (χ3v) is 30.5. The number of aliphatic hydroxyl groups is 1. The summed E-state index contributed by atoms with van der Waals surface area (Å²) in [6, 6.07) is 73.0. The van der Waals surface area contributed by atoms with Crippen LogP contribution in [0.2, 0.25) is 0 Å². The number of hydrogen-bond donors (Lipinski definition) is 1. The molecule has 0 aliphatic heterocycles. The van der Waals surface area contributed by atoms with Gasteiger partial charge in [-0.25, -0.2) is 0 Å². The molecular weight excluding hydrogens is 1990 g/mol. The van der Waals surface area contributed by atoms with Crippen LogP contribution in [0, 0.1) is 93.6 Å². The lowest BCUT2D eigenvalue weighted by Gasteiger charge is -2.16. The lowest BCUT2D eigenvalue weighted by Crippen LogP contribution is -2.04. The zero-order valence-corrected chi connectivity index (χ0v) is 90.9. The first kappa shape index (κ1) is 112. The van der Waals surface area contributed by atoms with Gasteiger partial charge in [0.25, 0.3) is 0 Å². The second-order valence-corrected chi connectivity index (χ2v) is 41.8. The summed E-state index contributed by atoms with van der Waals surface area (Å²) < 4.78 is 38.1. The van der Waals surface area contributed by atoms with Gasteiger partial charge in [-0.15, -0.1) is 0 Å². The summed E-state index contributed by atoms with van der Waals surface area (Å²) in [6.07, 6.45) is 6.58. The second-order valence-electron chi connectivity index (χ2n) is 33.2. The first-order valence-electron chi connectivity index (χ1n) is 46.2. The number of aryl methyl sites for hydroxylation is 14. The molecule has 12 aromatic carbocycles. The topological polar surface area (TPSA) is 178 Å². The number of ether oxygens (including phenoxy) is 6. The Hall–Kier alpha value is -9.27. The molecular formula is C115H130BrIO13S6. The fourth-order valence-electron chi connectivity index (χ4n) is 14.2. The van der Waals surface area contributed by atoms with E-state index in [4.69, 9.17) is 28.4 Å². The molecule has 1 aliphatic carbocycles. The van der Waals surface area contributed by atoms with Crippen molar-refractivity contribution >= 4 is 140 Å². The Bertz CT molecular complexity index is 5660. The number of rotatable bonds is 33. The average molecular weight is 2120 g/mol. The largest absolute Gasteiger partial charge is 0.489 e. The van der Waals surface area contributed by atoms with Crippen LogP contribution < -0.4 is 28.4 Å². The van der Waals surface area contributed by atoms with E-state index in [0.29, 0.717) is 84.1 Å². The molecule has 0 unspecified atom stereocenters. The molecule has 1 fully saturated rings. The highest BCUT2D eigenvalue weighted by Crippen LogP contribution is 2.45. The van der Waals surface area contributed by atoms with Crippen molar-refractivity contribution in [3.8, 4) is 34.5 Å². The van der Waals surface area contributed by atoms with E-state index < -0.39 is 0 Å². The first-order valence-corrected chi connectivity index (χ1v) is 53.0. The van der Waals surface area contributed by atoms with Gasteiger partial charge in [0, 0.05) is 109 Å². The molecule has 0 aromatic heterocycles. The SMILES string of the molecule is CCC(=O)Sc1cccc(Br)c1COc1ccc(C)cc1C.CCC(=O)Sc1cccc(C)c1COc1ccc(C)cc1C.CCC(=O)Sc1cccc(C2CC2)c1COc1ccc(C)cc1C.CCC(=O)Sc1cccc(CC)c1COc1ccc(C)cc1C.CCC(=O)Sc1cccc(CO)c1COc1ccc(C)cc1C.CCC(=O)Sc1cccc(I)c1COc1ccc(C)cc1C. The molecule has 0 radical (unpaired) electrons. The van der Waals surface area contributed by atoms with Crippen LogP contribution in [0.25, 0.3) is 0 Å². The Balaban J connectivity index is 0.000000201. The summed E-state index contributed by atoms with van der Waals surface area (Å²) in [4.78, 5) is 76.5. The molecule has 0 amide bonds. The van der Waals surface area contributed by atoms with Crippen LogP contribution in [-0.2, 0) is 81.4 Å². The predicted molar refractivity (Wildman–Crippen MR) is 579 cm³/mol. The molecule has 1 N–H and O–H groups in total. The van der Waals surface area contributed by atoms with Gasteiger partial charge < -0.3 is 33.5 Å². The van der Waals surface area contributed by atoms with Crippen LogP contribution in [0.5, 0.6) is 34.5 Å². The van der Waals surface area contributed by atoms with Crippen LogP contribution in [0.4, 0.5) is 0 Å². The second kappa shape index (κ2) is 57.9. The van der Waals surface area contributed by atoms with Crippen LogP contribution in [0.3, 0.4) is 0 Å². The van der Waals surface area contributed by atoms with E-state index in [1.54, 1.807) is 0 Å². The molecule has 0 heterocycles. The van der Waals surface area contributed by atoms with E-state index in [-0.39, 0.29) is 37.3 Å². The highest BCUT2D eigenvalue weighted by atomic mass is 127. The molecule has 0 atom stereocenters. The van der Waals surface area contributed by atoms with Crippen molar-refractivity contribution < 1.29 is 62.3 Å². The number of carbonyl (C=O) groups excluding carboxylic acids is 6. The lowest BCUT2D eigenvalue weighted by molar-refractivity contribution is -0.111. The van der Waals surface area contributed by atoms with Crippen LogP contribution in [0.1, 0.15) is 228 Å². The molecule has 1 aliphatic rings. The highest BCUT2D eigenvalue weighted by molar-refractivity contribution is 14.1. The van der Waals surface area contributed by atoms with Crippen molar-refractivity contribution in [1.82, 2.24) is 0 Å². The zero-order valence-electron chi connectivity index (χ0n) is 82.2. The summed E-state index contributed by atoms with van der Waals surface area (Å²) in [5.41, 5.74) is 25.0. The van der Waals surface area contributed by atoms with E-state index in [1.807, 2.05) is 196 Å². The number of aliphatic hydroxyl groups excluding tert-OH is 1. The van der Waals surface area contributed by atoms with Crippen molar-refractivity contribution in [1.29, 1.82) is 0 Å². The monoisotopic (exact) mass is 2120 g/mol. The smallest absolute Gasteiger partial charge is 0.193 e. The van der Waals surface area contributed by atoms with E-state index >= 15 is 0 Å². The molecule has 0 bridgehead atoms. The third-order valence-electron chi connectivity index (χ3n) is 22.0. The van der Waals surface area contributed by atoms with Gasteiger partial charge in [0.2, 0.25) is 0 Å². The van der Waals surface area contributed by atoms with Crippen molar-refractivity contribution in [2.75, 3.05) is 0 Å². The highest BCUT2D eigenvalue weighted by Gasteiger charge is 2.29. The Morgan fingerprint density at radius 2 is 0.544 bits per heavy atom. The molecule has 0 saturated heterocycles. The van der Waals surface area contributed by atoms with Crippen molar-refractivity contribution in [2.24, 2.45) is 0 Å². The van der Waals surface area contributed by atoms with Crippen molar-refractivity contribution in [3.05, 3.63) is 349 Å². The predicted octanol–water partition coefficient (Wildman–Crippen LogP) is 32.1. The minimum atomic E-state index is -0.0692. The van der Waals surface area contributed by atoms with Crippen molar-refractivity contribution in [2.45, 2.75) is 278 Å². The molecule has 0 spiro atoms. The maximum absolute atomic E-state index is 11.9. The van der Waals surface area contributed by atoms with Crippen LogP contribution in [0.15, 0.2) is 252 Å². The van der Waals surface area contributed by atoms with E-state index in [1.165, 1.54) is 133 Å². The standard InChI is InChI=1S/C21H24O2S.C20H24O2S.C19H22O3S.C19H22O2S.C18H19BrO2S.C18H19IO2S/c1-4-21(22)24-20-7-5-6-17(16-9-10-16)18(20)13-23-19-11-8-14(2)12-15(19)3;1-5-16-8-7-9-19(23-20(21)6-2)17(16)13-22-18-11-10-14(3)12-15(18)4;1-4-19(21)23-18-7-5-6-15(11-20)16(18)12-22-17-9-8-13(2)10-14(17)3;1-5-19(20)22-18-8-6-7-14(3)16(18)12-21-17-10-9-13(2)11-15(17)4;2*1-4-18(20)22-17-7-5-6-15(19)14(17)11-21-16-9-8-12(2)10-13(16)3/h5-8,11-12,16H,4,9-10,13H2,1-3H3;7-12H,5-6,13H2,1-4H3;5-10,20H,4,11-12H2,1-3H3;6-11H,5,12H2,1-4H3;2*5-10H,4,11H2,1-3H3. The van der Waals surface area contributed by atoms with Crippen LogP contribution >= 0.6 is 109 Å². The summed E-state index contributed by atoms with van der Waals surface area (Å²) >= 11 is 13.6. The Morgan fingerprint density at radius 3 is 0.860 bits per heavy atom. The number of hydrogen-bond acceptors (Lipinski definition) is 19. The van der Waals surface area contributed by atoms with E-state index in [9.17, 15) is 33.9 Å². The molecule has 1 saturated carbocycles. The van der Waals surface area contributed by atoms with Gasteiger partial charge in [-0.05, 0) is 278 Å². The van der Waals surface area contributed by atoms with Gasteiger partial charge in [-0.2, -0.15) is 0 Å².